The number of hydrogen-bond donors (Lipinski definition) is 1. The number of hydrogen-bond acceptors (Lipinski definition) is 3. The number of aliphatic hydroxyl groups is 1. The van der Waals surface area contributed by atoms with Crippen LogP contribution in [0.25, 0.3) is 5.52 Å². The van der Waals surface area contributed by atoms with E-state index in [1.54, 1.807) is 10.7 Å². The van der Waals surface area contributed by atoms with E-state index in [0.29, 0.717) is 13.2 Å². The van der Waals surface area contributed by atoms with Crippen LogP contribution in [0.15, 0.2) is 30.6 Å². The summed E-state index contributed by atoms with van der Waals surface area (Å²) in [5.74, 6) is 0. The Labute approximate surface area is 94.5 Å². The van der Waals surface area contributed by atoms with Gasteiger partial charge >= 0.3 is 0 Å². The van der Waals surface area contributed by atoms with Crippen molar-refractivity contribution in [2.75, 3.05) is 13.2 Å². The Kier molecular flexibility index (Phi) is 3.54. The standard InChI is InChI=1S/C12H16N2O2/c1-2-7-16-9-12(15)10-8-13-14-6-4-3-5-11(10)14/h3-6,8,12,15H,2,7,9H2,1H3. The second-order valence-corrected chi connectivity index (χ2v) is 3.72. The summed E-state index contributed by atoms with van der Waals surface area (Å²) in [6.45, 7) is 3.04. The van der Waals surface area contributed by atoms with Gasteiger partial charge in [-0.15, -0.1) is 0 Å². The van der Waals surface area contributed by atoms with Crippen LogP contribution >= 0.6 is 0 Å². The highest BCUT2D eigenvalue weighted by molar-refractivity contribution is 5.54. The fraction of sp³-hybridized carbons (Fsp3) is 0.417. The summed E-state index contributed by atoms with van der Waals surface area (Å²) in [6, 6.07) is 5.77. The van der Waals surface area contributed by atoms with E-state index in [1.165, 1.54) is 0 Å². The van der Waals surface area contributed by atoms with Gasteiger partial charge in [0.25, 0.3) is 0 Å². The third-order valence-electron chi connectivity index (χ3n) is 2.44. The predicted octanol–water partition coefficient (Wildman–Crippen LogP) is 1.79. The van der Waals surface area contributed by atoms with E-state index in [0.717, 1.165) is 17.5 Å². The molecule has 0 spiro atoms. The molecule has 0 radical (unpaired) electrons. The molecule has 2 rings (SSSR count). The van der Waals surface area contributed by atoms with Crippen molar-refractivity contribution >= 4 is 5.52 Å². The number of aromatic nitrogens is 2. The molecule has 0 saturated heterocycles. The molecule has 1 unspecified atom stereocenters. The van der Waals surface area contributed by atoms with Crippen molar-refractivity contribution in [2.45, 2.75) is 19.4 Å². The van der Waals surface area contributed by atoms with Crippen molar-refractivity contribution < 1.29 is 9.84 Å². The molecule has 4 heteroatoms. The summed E-state index contributed by atoms with van der Waals surface area (Å²) >= 11 is 0. The summed E-state index contributed by atoms with van der Waals surface area (Å²) in [5.41, 5.74) is 1.74. The number of rotatable bonds is 5. The fourth-order valence-corrected chi connectivity index (χ4v) is 1.64. The van der Waals surface area contributed by atoms with E-state index in [4.69, 9.17) is 4.74 Å². The second-order valence-electron chi connectivity index (χ2n) is 3.72. The smallest absolute Gasteiger partial charge is 0.106 e. The molecule has 0 bridgehead atoms. The maximum Gasteiger partial charge on any atom is 0.106 e. The number of fused-ring (bicyclic) bond motifs is 1. The number of nitrogens with zero attached hydrogens (tertiary/aromatic N) is 2. The van der Waals surface area contributed by atoms with Gasteiger partial charge in [0.15, 0.2) is 0 Å². The summed E-state index contributed by atoms with van der Waals surface area (Å²) < 4.78 is 7.08. The second kappa shape index (κ2) is 5.09. The van der Waals surface area contributed by atoms with E-state index >= 15 is 0 Å². The van der Waals surface area contributed by atoms with Gasteiger partial charge in [-0.25, -0.2) is 4.52 Å². The molecular formula is C12H16N2O2. The lowest BCUT2D eigenvalue weighted by Gasteiger charge is -2.09. The lowest BCUT2D eigenvalue weighted by Crippen LogP contribution is -2.07. The molecule has 0 saturated carbocycles. The molecular weight excluding hydrogens is 204 g/mol. The molecule has 0 aromatic carbocycles. The maximum absolute atomic E-state index is 9.96. The van der Waals surface area contributed by atoms with Gasteiger partial charge < -0.3 is 9.84 Å². The molecule has 16 heavy (non-hydrogen) atoms. The van der Waals surface area contributed by atoms with Gasteiger partial charge in [-0.1, -0.05) is 13.0 Å². The Morgan fingerprint density at radius 2 is 2.38 bits per heavy atom. The highest BCUT2D eigenvalue weighted by atomic mass is 16.5. The summed E-state index contributed by atoms with van der Waals surface area (Å²) in [5, 5.41) is 14.1. The molecule has 0 fully saturated rings. The zero-order valence-electron chi connectivity index (χ0n) is 9.34. The zero-order valence-corrected chi connectivity index (χ0v) is 9.34. The normalized spacial score (nSPS) is 13.1. The van der Waals surface area contributed by atoms with E-state index in [9.17, 15) is 5.11 Å². The first-order valence-corrected chi connectivity index (χ1v) is 5.51. The van der Waals surface area contributed by atoms with Crippen LogP contribution < -0.4 is 0 Å². The van der Waals surface area contributed by atoms with Crippen LogP contribution in [0.4, 0.5) is 0 Å². The van der Waals surface area contributed by atoms with E-state index in [2.05, 4.69) is 5.10 Å². The quantitative estimate of drug-likeness (QED) is 0.781. The van der Waals surface area contributed by atoms with Crippen LogP contribution in [0.3, 0.4) is 0 Å². The number of aliphatic hydroxyl groups excluding tert-OH is 1. The molecule has 1 atom stereocenters. The molecule has 4 nitrogen and oxygen atoms in total. The Bertz CT molecular complexity index is 453. The van der Waals surface area contributed by atoms with Crippen molar-refractivity contribution in [3.63, 3.8) is 0 Å². The number of pyridine rings is 1. The Morgan fingerprint density at radius 3 is 3.19 bits per heavy atom. The van der Waals surface area contributed by atoms with Gasteiger partial charge in [0, 0.05) is 18.4 Å². The van der Waals surface area contributed by atoms with Crippen molar-refractivity contribution in [3.05, 3.63) is 36.2 Å². The largest absolute Gasteiger partial charge is 0.386 e. The first-order valence-electron chi connectivity index (χ1n) is 5.51. The number of ether oxygens (including phenoxy) is 1. The van der Waals surface area contributed by atoms with Crippen molar-refractivity contribution in [1.82, 2.24) is 9.61 Å². The summed E-state index contributed by atoms with van der Waals surface area (Å²) in [4.78, 5) is 0. The molecule has 2 aromatic rings. The van der Waals surface area contributed by atoms with Gasteiger partial charge in [-0.05, 0) is 18.6 Å². The van der Waals surface area contributed by atoms with Crippen LogP contribution in [0.5, 0.6) is 0 Å². The monoisotopic (exact) mass is 220 g/mol. The minimum Gasteiger partial charge on any atom is -0.386 e. The highest BCUT2D eigenvalue weighted by Gasteiger charge is 2.12. The first-order chi connectivity index (χ1) is 7.83. The average Bonchev–Trinajstić information content (AvgIpc) is 2.73. The summed E-state index contributed by atoms with van der Waals surface area (Å²) in [6.07, 6.45) is 3.90. The average molecular weight is 220 g/mol. The molecule has 86 valence electrons. The van der Waals surface area contributed by atoms with Gasteiger partial charge in [-0.3, -0.25) is 0 Å². The predicted molar refractivity (Wildman–Crippen MR) is 61.3 cm³/mol. The van der Waals surface area contributed by atoms with Crippen LogP contribution in [0.2, 0.25) is 0 Å². The lowest BCUT2D eigenvalue weighted by atomic mass is 10.1. The molecule has 0 aliphatic carbocycles. The Balaban J connectivity index is 2.13. The molecule has 1 N–H and O–H groups in total. The molecule has 2 aromatic heterocycles. The van der Waals surface area contributed by atoms with Crippen molar-refractivity contribution in [2.24, 2.45) is 0 Å². The van der Waals surface area contributed by atoms with Crippen molar-refractivity contribution in [1.29, 1.82) is 0 Å². The minimum atomic E-state index is -0.605. The fourth-order valence-electron chi connectivity index (χ4n) is 1.64. The lowest BCUT2D eigenvalue weighted by molar-refractivity contribution is 0.0370. The third kappa shape index (κ3) is 2.23. The van der Waals surface area contributed by atoms with Crippen LogP contribution in [-0.2, 0) is 4.74 Å². The van der Waals surface area contributed by atoms with Crippen molar-refractivity contribution in [3.8, 4) is 0 Å². The summed E-state index contributed by atoms with van der Waals surface area (Å²) in [7, 11) is 0. The van der Waals surface area contributed by atoms with E-state index < -0.39 is 6.10 Å². The van der Waals surface area contributed by atoms with Crippen LogP contribution in [0.1, 0.15) is 25.0 Å². The Hall–Kier alpha value is -1.39. The third-order valence-corrected chi connectivity index (χ3v) is 2.44. The zero-order chi connectivity index (χ0) is 11.4. The Morgan fingerprint density at radius 1 is 1.50 bits per heavy atom. The maximum atomic E-state index is 9.96. The molecule has 0 amide bonds. The van der Waals surface area contributed by atoms with Crippen LogP contribution in [0, 0.1) is 0 Å². The topological polar surface area (TPSA) is 46.8 Å². The molecule has 2 heterocycles. The first kappa shape index (κ1) is 11.1. The molecule has 0 aliphatic heterocycles. The van der Waals surface area contributed by atoms with E-state index in [-0.39, 0.29) is 0 Å². The van der Waals surface area contributed by atoms with Gasteiger partial charge in [-0.2, -0.15) is 5.10 Å². The van der Waals surface area contributed by atoms with Gasteiger partial charge in [0.05, 0.1) is 18.3 Å². The van der Waals surface area contributed by atoms with E-state index in [1.807, 2.05) is 31.3 Å². The van der Waals surface area contributed by atoms with Gasteiger partial charge in [0.2, 0.25) is 0 Å². The molecule has 0 aliphatic rings. The highest BCUT2D eigenvalue weighted by Crippen LogP contribution is 2.18. The SMILES string of the molecule is CCCOCC(O)c1cnn2ccccc12. The van der Waals surface area contributed by atoms with Gasteiger partial charge in [0.1, 0.15) is 6.10 Å². The minimum absolute atomic E-state index is 0.323. The van der Waals surface area contributed by atoms with Crippen LogP contribution in [-0.4, -0.2) is 27.9 Å².